The van der Waals surface area contributed by atoms with Crippen molar-refractivity contribution < 1.29 is 9.90 Å². The minimum atomic E-state index is -1.15. The number of carboxylic acids is 1. The molecule has 3 nitrogen and oxygen atoms in total. The first-order chi connectivity index (χ1) is 4.16. The van der Waals surface area contributed by atoms with Gasteiger partial charge >= 0.3 is 0 Å². The van der Waals surface area contributed by atoms with E-state index in [-0.39, 0.29) is 6.42 Å². The summed E-state index contributed by atoms with van der Waals surface area (Å²) in [5.41, 5.74) is 0.512. The summed E-state index contributed by atoms with van der Waals surface area (Å²) in [6.07, 6.45) is 1.03. The molecular weight excluding hydrogens is 118 g/mol. The number of rotatable bonds is 2. The van der Waals surface area contributed by atoms with Crippen molar-refractivity contribution in [2.45, 2.75) is 13.3 Å². The first kappa shape index (κ1) is 7.70. The fourth-order valence-electron chi connectivity index (χ4n) is 0.389. The maximum atomic E-state index is 9.82. The number of nitrogens with zero attached hydrogens (tertiary/aromatic N) is 1. The first-order valence-corrected chi connectivity index (χ1v) is 2.42. The van der Waals surface area contributed by atoms with Gasteiger partial charge in [-0.25, -0.2) is 0 Å². The van der Waals surface area contributed by atoms with Crippen LogP contribution in [0, 0.1) is 11.3 Å². The molecule has 0 aliphatic rings. The van der Waals surface area contributed by atoms with Crippen LogP contribution in [0.25, 0.3) is 0 Å². The zero-order chi connectivity index (χ0) is 7.28. The minimum absolute atomic E-state index is 0.159. The van der Waals surface area contributed by atoms with Crippen LogP contribution in [0.1, 0.15) is 13.3 Å². The Labute approximate surface area is 53.2 Å². The molecule has 0 unspecified atom stereocenters. The van der Waals surface area contributed by atoms with Crippen LogP contribution in [0.4, 0.5) is 0 Å². The predicted octanol–water partition coefficient (Wildman–Crippen LogP) is -0.404. The monoisotopic (exact) mass is 124 g/mol. The summed E-state index contributed by atoms with van der Waals surface area (Å²) in [7, 11) is 0. The quantitative estimate of drug-likeness (QED) is 0.470. The molecule has 0 heterocycles. The Hall–Kier alpha value is -1.30. The normalized spacial score (nSPS) is 10.4. The number of nitriles is 1. The van der Waals surface area contributed by atoms with Gasteiger partial charge in [-0.2, -0.15) is 5.26 Å². The lowest BCUT2D eigenvalue weighted by Gasteiger charge is -1.97. The van der Waals surface area contributed by atoms with Gasteiger partial charge in [-0.05, 0) is 6.92 Å². The smallest absolute Gasteiger partial charge is 0.0911 e. The Kier molecular flexibility index (Phi) is 3.14. The summed E-state index contributed by atoms with van der Waals surface area (Å²) in [4.78, 5) is 9.82. The van der Waals surface area contributed by atoms with Crippen LogP contribution in [0.15, 0.2) is 11.6 Å². The van der Waals surface area contributed by atoms with E-state index in [1.165, 1.54) is 6.08 Å². The molecule has 48 valence electrons. The third kappa shape index (κ3) is 4.56. The molecule has 0 atom stereocenters. The minimum Gasteiger partial charge on any atom is -0.550 e. The molecule has 0 aromatic carbocycles. The van der Waals surface area contributed by atoms with Crippen molar-refractivity contribution >= 4 is 5.97 Å². The van der Waals surface area contributed by atoms with Crippen molar-refractivity contribution in [1.82, 2.24) is 0 Å². The highest BCUT2D eigenvalue weighted by molar-refractivity contribution is 5.67. The van der Waals surface area contributed by atoms with Gasteiger partial charge in [0.15, 0.2) is 0 Å². The molecule has 3 heteroatoms. The molecule has 0 radical (unpaired) electrons. The Morgan fingerprint density at radius 3 is 2.78 bits per heavy atom. The Morgan fingerprint density at radius 2 is 2.44 bits per heavy atom. The standard InChI is InChI=1S/C6H7NO2/c1-5(2-3-7)4-6(8)9/h2H,4H2,1H3,(H,8,9)/p-1/b5-2+. The number of hydrogen-bond donors (Lipinski definition) is 0. The summed E-state index contributed by atoms with van der Waals surface area (Å²) >= 11 is 0. The fourth-order valence-corrected chi connectivity index (χ4v) is 0.389. The van der Waals surface area contributed by atoms with E-state index in [1.54, 1.807) is 13.0 Å². The molecule has 0 aliphatic heterocycles. The van der Waals surface area contributed by atoms with Crippen LogP contribution < -0.4 is 5.11 Å². The van der Waals surface area contributed by atoms with Gasteiger partial charge in [0.05, 0.1) is 6.07 Å². The predicted molar refractivity (Wildman–Crippen MR) is 29.0 cm³/mol. The van der Waals surface area contributed by atoms with Gasteiger partial charge in [0.25, 0.3) is 0 Å². The van der Waals surface area contributed by atoms with Crippen LogP contribution in [0.5, 0.6) is 0 Å². The van der Waals surface area contributed by atoms with Gasteiger partial charge < -0.3 is 9.90 Å². The average Bonchev–Trinajstić information content (AvgIpc) is 1.63. The molecule has 0 spiro atoms. The van der Waals surface area contributed by atoms with Gasteiger partial charge in [-0.15, -0.1) is 0 Å². The molecule has 0 rings (SSSR count). The third-order valence-electron chi connectivity index (χ3n) is 0.734. The van der Waals surface area contributed by atoms with E-state index in [4.69, 9.17) is 5.26 Å². The van der Waals surface area contributed by atoms with Gasteiger partial charge in [0.1, 0.15) is 0 Å². The Bertz CT molecular complexity index is 176. The number of aliphatic carboxylic acids is 1. The van der Waals surface area contributed by atoms with Gasteiger partial charge in [-0.1, -0.05) is 5.57 Å². The van der Waals surface area contributed by atoms with Crippen LogP contribution in [0.3, 0.4) is 0 Å². The molecule has 0 fully saturated rings. The summed E-state index contributed by atoms with van der Waals surface area (Å²) in [5, 5.41) is 17.8. The fraction of sp³-hybridized carbons (Fsp3) is 0.333. The molecule has 0 N–H and O–H groups in total. The van der Waals surface area contributed by atoms with E-state index >= 15 is 0 Å². The molecule has 9 heavy (non-hydrogen) atoms. The molecule has 0 aromatic rings. The molecule has 0 saturated heterocycles. The average molecular weight is 124 g/mol. The van der Waals surface area contributed by atoms with Crippen LogP contribution in [-0.2, 0) is 4.79 Å². The van der Waals surface area contributed by atoms with Gasteiger partial charge in [-0.3, -0.25) is 0 Å². The van der Waals surface area contributed by atoms with E-state index < -0.39 is 5.97 Å². The van der Waals surface area contributed by atoms with Crippen molar-refractivity contribution in [1.29, 1.82) is 5.26 Å². The SMILES string of the molecule is C/C(=C\C#N)CC(=O)[O-]. The van der Waals surface area contributed by atoms with Crippen LogP contribution in [-0.4, -0.2) is 5.97 Å². The molecule has 0 aromatic heterocycles. The number of carbonyl (C=O) groups excluding carboxylic acids is 1. The van der Waals surface area contributed by atoms with E-state index in [2.05, 4.69) is 0 Å². The topological polar surface area (TPSA) is 63.9 Å². The number of carbonyl (C=O) groups is 1. The molecule has 0 bridgehead atoms. The summed E-state index contributed by atoms with van der Waals surface area (Å²) in [5.74, 6) is -1.15. The van der Waals surface area contributed by atoms with E-state index in [1.807, 2.05) is 0 Å². The van der Waals surface area contributed by atoms with Crippen molar-refractivity contribution in [3.63, 3.8) is 0 Å². The maximum Gasteiger partial charge on any atom is 0.0911 e. The Balaban J connectivity index is 3.80. The molecule has 0 amide bonds. The summed E-state index contributed by atoms with van der Waals surface area (Å²) in [6, 6.07) is 1.72. The van der Waals surface area contributed by atoms with Gasteiger partial charge in [0.2, 0.25) is 0 Å². The zero-order valence-electron chi connectivity index (χ0n) is 5.05. The highest BCUT2D eigenvalue weighted by Gasteiger charge is 1.87. The second kappa shape index (κ2) is 3.67. The molecular formula is C6H6NO2-. The largest absolute Gasteiger partial charge is 0.550 e. The van der Waals surface area contributed by atoms with Crippen molar-refractivity contribution in [3.8, 4) is 6.07 Å². The first-order valence-electron chi connectivity index (χ1n) is 2.42. The zero-order valence-corrected chi connectivity index (χ0v) is 5.05. The highest BCUT2D eigenvalue weighted by Crippen LogP contribution is 1.95. The lowest BCUT2D eigenvalue weighted by atomic mass is 10.2. The van der Waals surface area contributed by atoms with Crippen molar-refractivity contribution in [2.24, 2.45) is 0 Å². The van der Waals surface area contributed by atoms with Crippen LogP contribution >= 0.6 is 0 Å². The highest BCUT2D eigenvalue weighted by atomic mass is 16.4. The maximum absolute atomic E-state index is 9.82. The number of hydrogen-bond acceptors (Lipinski definition) is 3. The second-order valence-corrected chi connectivity index (χ2v) is 1.67. The van der Waals surface area contributed by atoms with Crippen molar-refractivity contribution in [2.75, 3.05) is 0 Å². The lowest BCUT2D eigenvalue weighted by molar-refractivity contribution is -0.304. The molecule has 0 saturated carbocycles. The van der Waals surface area contributed by atoms with Crippen molar-refractivity contribution in [3.05, 3.63) is 11.6 Å². The number of carboxylic acid groups (broad SMARTS) is 1. The van der Waals surface area contributed by atoms with Crippen LogP contribution in [0.2, 0.25) is 0 Å². The summed E-state index contributed by atoms with van der Waals surface area (Å²) in [6.45, 7) is 1.57. The number of allylic oxidation sites excluding steroid dienone is 1. The van der Waals surface area contributed by atoms with E-state index in [0.29, 0.717) is 5.57 Å². The van der Waals surface area contributed by atoms with Gasteiger partial charge in [0, 0.05) is 18.5 Å². The third-order valence-corrected chi connectivity index (χ3v) is 0.734. The summed E-state index contributed by atoms with van der Waals surface area (Å²) < 4.78 is 0. The molecule has 0 aliphatic carbocycles. The lowest BCUT2D eigenvalue weighted by Crippen LogP contribution is -2.21. The van der Waals surface area contributed by atoms with E-state index in [0.717, 1.165) is 0 Å². The Morgan fingerprint density at radius 1 is 1.89 bits per heavy atom. The van der Waals surface area contributed by atoms with E-state index in [9.17, 15) is 9.90 Å². The second-order valence-electron chi connectivity index (χ2n) is 1.67.